The number of halogens is 1. The van der Waals surface area contributed by atoms with E-state index in [1.165, 1.54) is 4.90 Å². The molecule has 0 atom stereocenters. The minimum atomic E-state index is -0.218. The summed E-state index contributed by atoms with van der Waals surface area (Å²) in [5.74, 6) is -0.218. The van der Waals surface area contributed by atoms with Crippen LogP contribution in [0.1, 0.15) is 23.2 Å². The predicted octanol–water partition coefficient (Wildman–Crippen LogP) is 2.30. The number of anilines is 1. The maximum absolute atomic E-state index is 12.3. The topological polar surface area (TPSA) is 93.9 Å². The van der Waals surface area contributed by atoms with Crippen molar-refractivity contribution in [2.75, 3.05) is 18.8 Å². The Hall–Kier alpha value is -2.05. The first-order valence-corrected chi connectivity index (χ1v) is 6.47. The number of carbonyl (C=O) groups excluding carboxylic acids is 1. The average molecular weight is 321 g/mol. The van der Waals surface area contributed by atoms with Crippen LogP contribution >= 0.6 is 15.9 Å². The molecule has 0 aliphatic carbocycles. The summed E-state index contributed by atoms with van der Waals surface area (Å²) in [5.41, 5.74) is 6.67. The largest absolute Gasteiger partial charge is 0.398 e. The molecule has 1 aromatic rings. The van der Waals surface area contributed by atoms with Crippen LogP contribution in [0.4, 0.5) is 5.69 Å². The smallest absolute Gasteiger partial charge is 0.253 e. The van der Waals surface area contributed by atoms with Gasteiger partial charge in [-0.25, -0.2) is 0 Å². The summed E-state index contributed by atoms with van der Waals surface area (Å²) in [7, 11) is 0. The lowest BCUT2D eigenvalue weighted by molar-refractivity contribution is 0.0762. The lowest BCUT2D eigenvalue weighted by Crippen LogP contribution is -2.32. The minimum absolute atomic E-state index is 0.218. The lowest BCUT2D eigenvalue weighted by Gasteiger charge is -2.20. The van der Waals surface area contributed by atoms with Gasteiger partial charge in [0.25, 0.3) is 5.91 Å². The van der Waals surface area contributed by atoms with E-state index in [9.17, 15) is 4.79 Å². The van der Waals surface area contributed by atoms with Gasteiger partial charge in [-0.3, -0.25) is 4.79 Å². The monoisotopic (exact) mass is 320 g/mol. The molecule has 0 aromatic heterocycles. The first-order valence-electron chi connectivity index (χ1n) is 5.68. The van der Waals surface area contributed by atoms with E-state index in [1.54, 1.807) is 18.2 Å². The normalized spacial score (nSPS) is 9.42. The van der Waals surface area contributed by atoms with Crippen molar-refractivity contribution in [3.8, 4) is 12.1 Å². The van der Waals surface area contributed by atoms with Crippen molar-refractivity contribution in [3.63, 3.8) is 0 Å². The highest BCUT2D eigenvalue weighted by Gasteiger charge is 2.15. The molecule has 0 fully saturated rings. The Labute approximate surface area is 120 Å². The lowest BCUT2D eigenvalue weighted by atomic mass is 10.1. The van der Waals surface area contributed by atoms with Crippen molar-refractivity contribution in [2.24, 2.45) is 0 Å². The van der Waals surface area contributed by atoms with E-state index in [0.29, 0.717) is 24.3 Å². The minimum Gasteiger partial charge on any atom is -0.398 e. The second-order valence-corrected chi connectivity index (χ2v) is 4.70. The number of nitrogens with zero attached hydrogens (tertiary/aromatic N) is 3. The van der Waals surface area contributed by atoms with Crippen molar-refractivity contribution in [3.05, 3.63) is 28.2 Å². The Morgan fingerprint density at radius 3 is 2.32 bits per heavy atom. The Morgan fingerprint density at radius 2 is 1.84 bits per heavy atom. The highest BCUT2D eigenvalue weighted by Crippen LogP contribution is 2.21. The molecule has 0 unspecified atom stereocenters. The van der Waals surface area contributed by atoms with Gasteiger partial charge in [0.1, 0.15) is 0 Å². The Balaban J connectivity index is 2.88. The molecule has 0 saturated heterocycles. The SMILES string of the molecule is N#CCCN(CCC#N)C(=O)c1ccc(Br)c(N)c1. The summed E-state index contributed by atoms with van der Waals surface area (Å²) in [5, 5.41) is 17.2. The van der Waals surface area contributed by atoms with Gasteiger partial charge < -0.3 is 10.6 Å². The van der Waals surface area contributed by atoms with Crippen molar-refractivity contribution in [1.29, 1.82) is 10.5 Å². The Morgan fingerprint density at radius 1 is 1.26 bits per heavy atom. The molecule has 0 heterocycles. The summed E-state index contributed by atoms with van der Waals surface area (Å²) >= 11 is 3.26. The van der Waals surface area contributed by atoms with Crippen LogP contribution in [-0.2, 0) is 0 Å². The fourth-order valence-corrected chi connectivity index (χ4v) is 1.79. The zero-order chi connectivity index (χ0) is 14.3. The third kappa shape index (κ3) is 4.27. The summed E-state index contributed by atoms with van der Waals surface area (Å²) in [6.45, 7) is 0.625. The van der Waals surface area contributed by atoms with Gasteiger partial charge >= 0.3 is 0 Å². The highest BCUT2D eigenvalue weighted by molar-refractivity contribution is 9.10. The molecule has 5 nitrogen and oxygen atoms in total. The number of rotatable bonds is 5. The van der Waals surface area contributed by atoms with Gasteiger partial charge in [-0.2, -0.15) is 10.5 Å². The van der Waals surface area contributed by atoms with E-state index in [4.69, 9.17) is 16.3 Å². The third-order valence-corrected chi connectivity index (χ3v) is 3.24. The molecular formula is C13H13BrN4O. The van der Waals surface area contributed by atoms with Crippen LogP contribution < -0.4 is 5.73 Å². The van der Waals surface area contributed by atoms with Crippen molar-refractivity contribution in [2.45, 2.75) is 12.8 Å². The molecule has 1 aromatic carbocycles. The number of nitrogens with two attached hydrogens (primary N) is 1. The summed E-state index contributed by atoms with van der Waals surface area (Å²) in [6, 6.07) is 8.93. The van der Waals surface area contributed by atoms with Gasteiger partial charge in [0, 0.05) is 28.8 Å². The summed E-state index contributed by atoms with van der Waals surface area (Å²) in [4.78, 5) is 13.8. The highest BCUT2D eigenvalue weighted by atomic mass is 79.9. The van der Waals surface area contributed by atoms with E-state index in [2.05, 4.69) is 15.9 Å². The molecule has 19 heavy (non-hydrogen) atoms. The fraction of sp³-hybridized carbons (Fsp3) is 0.308. The molecule has 0 aliphatic heterocycles. The average Bonchev–Trinajstić information content (AvgIpc) is 2.41. The molecule has 0 aliphatic rings. The standard InChI is InChI=1S/C13H13BrN4O/c14-11-4-3-10(9-12(11)17)13(19)18(7-1-5-15)8-2-6-16/h3-4,9H,1-2,7-8,17H2. The van der Waals surface area contributed by atoms with E-state index in [0.717, 1.165) is 4.47 Å². The van der Waals surface area contributed by atoms with Crippen molar-refractivity contribution >= 4 is 27.5 Å². The molecular weight excluding hydrogens is 308 g/mol. The fourth-order valence-electron chi connectivity index (χ4n) is 1.54. The number of amides is 1. The van der Waals surface area contributed by atoms with Crippen LogP contribution in [0.5, 0.6) is 0 Å². The number of nitrogen functional groups attached to an aromatic ring is 1. The Kier molecular flexibility index (Phi) is 5.84. The molecule has 1 rings (SSSR count). The maximum Gasteiger partial charge on any atom is 0.253 e. The second kappa shape index (κ2) is 7.40. The molecule has 6 heteroatoms. The van der Waals surface area contributed by atoms with Crippen LogP contribution in [0.15, 0.2) is 22.7 Å². The van der Waals surface area contributed by atoms with E-state index >= 15 is 0 Å². The third-order valence-electron chi connectivity index (χ3n) is 2.52. The summed E-state index contributed by atoms with van der Waals surface area (Å²) in [6.07, 6.45) is 0.479. The number of hydrogen-bond donors (Lipinski definition) is 1. The van der Waals surface area contributed by atoms with E-state index in [1.807, 2.05) is 12.1 Å². The van der Waals surface area contributed by atoms with Crippen molar-refractivity contribution < 1.29 is 4.79 Å². The zero-order valence-corrected chi connectivity index (χ0v) is 11.9. The molecule has 0 bridgehead atoms. The molecule has 0 spiro atoms. The number of benzene rings is 1. The van der Waals surface area contributed by atoms with Gasteiger partial charge in [-0.1, -0.05) is 0 Å². The molecule has 0 saturated carbocycles. The van der Waals surface area contributed by atoms with Crippen LogP contribution in [0, 0.1) is 22.7 Å². The van der Waals surface area contributed by atoms with E-state index < -0.39 is 0 Å². The molecule has 0 radical (unpaired) electrons. The quantitative estimate of drug-likeness (QED) is 0.842. The van der Waals surface area contributed by atoms with Crippen LogP contribution in [-0.4, -0.2) is 23.9 Å². The van der Waals surface area contributed by atoms with Crippen molar-refractivity contribution in [1.82, 2.24) is 4.90 Å². The molecule has 1 amide bonds. The maximum atomic E-state index is 12.3. The van der Waals surface area contributed by atoms with Crippen LogP contribution in [0.3, 0.4) is 0 Å². The van der Waals surface area contributed by atoms with Gasteiger partial charge in [-0.05, 0) is 34.1 Å². The van der Waals surface area contributed by atoms with Gasteiger partial charge in [0.15, 0.2) is 0 Å². The number of hydrogen-bond acceptors (Lipinski definition) is 4. The summed E-state index contributed by atoms with van der Waals surface area (Å²) < 4.78 is 0.727. The second-order valence-electron chi connectivity index (χ2n) is 3.84. The zero-order valence-electron chi connectivity index (χ0n) is 10.3. The number of carbonyl (C=O) groups is 1. The first-order chi connectivity index (χ1) is 9.10. The van der Waals surface area contributed by atoms with Gasteiger partial charge in [-0.15, -0.1) is 0 Å². The van der Waals surface area contributed by atoms with Gasteiger partial charge in [0.05, 0.1) is 25.0 Å². The number of nitriles is 2. The predicted molar refractivity (Wildman–Crippen MR) is 74.9 cm³/mol. The van der Waals surface area contributed by atoms with Gasteiger partial charge in [0.2, 0.25) is 0 Å². The first kappa shape index (κ1) is 15.0. The van der Waals surface area contributed by atoms with E-state index in [-0.39, 0.29) is 18.7 Å². The Bertz CT molecular complexity index is 527. The molecule has 2 N–H and O–H groups in total. The van der Waals surface area contributed by atoms with Crippen LogP contribution in [0.25, 0.3) is 0 Å². The van der Waals surface area contributed by atoms with Crippen LogP contribution in [0.2, 0.25) is 0 Å². The molecule has 98 valence electrons.